The van der Waals surface area contributed by atoms with Crippen LogP contribution in [0.15, 0.2) is 22.3 Å². The number of fused-ring (bicyclic) bond motifs is 1. The van der Waals surface area contributed by atoms with Crippen LogP contribution in [0.1, 0.15) is 16.8 Å². The lowest BCUT2D eigenvalue weighted by molar-refractivity contribution is -0.0623. The number of aromatic nitrogens is 3. The van der Waals surface area contributed by atoms with E-state index < -0.39 is 41.0 Å². The van der Waals surface area contributed by atoms with Gasteiger partial charge in [-0.05, 0) is 0 Å². The van der Waals surface area contributed by atoms with Gasteiger partial charge in [0.2, 0.25) is 0 Å². The number of carbonyl (C=O) groups is 1. The van der Waals surface area contributed by atoms with Crippen molar-refractivity contribution in [1.82, 2.24) is 15.0 Å². The van der Waals surface area contributed by atoms with Crippen LogP contribution in [-0.2, 0) is 0 Å². The van der Waals surface area contributed by atoms with Crippen molar-refractivity contribution in [3.05, 3.63) is 28.3 Å². The zero-order valence-corrected chi connectivity index (χ0v) is 10.5. The molecule has 2 rings (SSSR count). The number of oxime groups is 1. The zero-order valence-electron chi connectivity index (χ0n) is 10.5. The Labute approximate surface area is 118 Å². The summed E-state index contributed by atoms with van der Waals surface area (Å²) in [7, 11) is 0. The Bertz CT molecular complexity index is 828. The third-order valence-electron chi connectivity index (χ3n) is 2.67. The summed E-state index contributed by atoms with van der Waals surface area (Å²) in [6.45, 7) is 0. The number of aromatic amines is 1. The van der Waals surface area contributed by atoms with Crippen molar-refractivity contribution in [3.63, 3.8) is 0 Å². The van der Waals surface area contributed by atoms with E-state index in [2.05, 4.69) is 15.0 Å². The molecule has 0 radical (unpaired) electrons. The normalized spacial score (nSPS) is 12.6. The van der Waals surface area contributed by atoms with Crippen LogP contribution >= 0.6 is 0 Å². The number of halogens is 3. The standard InChI is InChI=1S/C11H7F3N4O4/c12-11(13,14)5(18-22)3-4(19)6-8(20)7-9(17-10(6)21)16-2-1-15-7/h1-2,22H,3H2,(H2,16,17,20,21). The molecule has 0 spiro atoms. The minimum Gasteiger partial charge on any atom is -0.505 e. The van der Waals surface area contributed by atoms with Gasteiger partial charge in [0.1, 0.15) is 11.1 Å². The number of nitrogens with zero attached hydrogens (tertiary/aromatic N) is 3. The molecule has 0 amide bonds. The van der Waals surface area contributed by atoms with Crippen molar-refractivity contribution < 1.29 is 28.3 Å². The molecule has 0 fully saturated rings. The molecule has 3 N–H and O–H groups in total. The van der Waals surface area contributed by atoms with Gasteiger partial charge in [0, 0.05) is 12.4 Å². The first-order valence-electron chi connectivity index (χ1n) is 5.63. The van der Waals surface area contributed by atoms with E-state index in [1.807, 2.05) is 5.16 Å². The monoisotopic (exact) mass is 316 g/mol. The Kier molecular flexibility index (Phi) is 3.80. The van der Waals surface area contributed by atoms with E-state index in [9.17, 15) is 27.9 Å². The molecule has 0 saturated carbocycles. The third kappa shape index (κ3) is 2.73. The van der Waals surface area contributed by atoms with Crippen LogP contribution in [0, 0.1) is 0 Å². The molecule has 22 heavy (non-hydrogen) atoms. The van der Waals surface area contributed by atoms with Gasteiger partial charge in [0.25, 0.3) is 5.56 Å². The molecule has 116 valence electrons. The number of ketones is 1. The summed E-state index contributed by atoms with van der Waals surface area (Å²) in [5, 5.41) is 20.2. The molecule has 2 aromatic heterocycles. The van der Waals surface area contributed by atoms with Crippen molar-refractivity contribution >= 4 is 22.7 Å². The molecular formula is C11H7F3N4O4. The highest BCUT2D eigenvalue weighted by atomic mass is 19.4. The predicted octanol–water partition coefficient (Wildman–Crippen LogP) is 0.989. The number of Topliss-reactive ketones (excluding diaryl/α,β-unsaturated/α-hetero) is 1. The summed E-state index contributed by atoms with van der Waals surface area (Å²) in [6, 6.07) is 0. The van der Waals surface area contributed by atoms with Gasteiger partial charge in [-0.25, -0.2) is 9.97 Å². The number of H-pyrrole nitrogens is 1. The van der Waals surface area contributed by atoms with E-state index in [1.54, 1.807) is 0 Å². The van der Waals surface area contributed by atoms with Crippen molar-refractivity contribution in [3.8, 4) is 5.75 Å². The minimum atomic E-state index is -5.05. The van der Waals surface area contributed by atoms with E-state index in [0.717, 1.165) is 6.20 Å². The average Bonchev–Trinajstić information content (AvgIpc) is 2.43. The molecule has 2 heterocycles. The van der Waals surface area contributed by atoms with Crippen molar-refractivity contribution in [2.75, 3.05) is 0 Å². The maximum Gasteiger partial charge on any atom is 0.433 e. The molecule has 0 aliphatic rings. The Balaban J connectivity index is 2.51. The number of rotatable bonds is 3. The number of pyridine rings is 1. The van der Waals surface area contributed by atoms with E-state index in [0.29, 0.717) is 0 Å². The van der Waals surface area contributed by atoms with Crippen LogP contribution < -0.4 is 5.56 Å². The number of hydrogen-bond acceptors (Lipinski definition) is 7. The van der Waals surface area contributed by atoms with Crippen molar-refractivity contribution in [2.24, 2.45) is 5.16 Å². The van der Waals surface area contributed by atoms with Gasteiger partial charge in [0.05, 0.1) is 6.42 Å². The Morgan fingerprint density at radius 2 is 1.95 bits per heavy atom. The Morgan fingerprint density at radius 1 is 1.32 bits per heavy atom. The molecule has 0 saturated heterocycles. The number of carbonyl (C=O) groups excluding carboxylic acids is 1. The van der Waals surface area contributed by atoms with Gasteiger partial charge in [-0.15, -0.1) is 0 Å². The lowest BCUT2D eigenvalue weighted by atomic mass is 10.1. The smallest absolute Gasteiger partial charge is 0.433 e. The number of nitrogens with one attached hydrogen (secondary N) is 1. The summed E-state index contributed by atoms with van der Waals surface area (Å²) in [5.74, 6) is -2.27. The summed E-state index contributed by atoms with van der Waals surface area (Å²) in [6.07, 6.45) is -4.10. The number of hydrogen-bond donors (Lipinski definition) is 3. The van der Waals surface area contributed by atoms with Crippen molar-refractivity contribution in [2.45, 2.75) is 12.6 Å². The van der Waals surface area contributed by atoms with Crippen LogP contribution in [0.5, 0.6) is 5.75 Å². The highest BCUT2D eigenvalue weighted by Crippen LogP contribution is 2.25. The summed E-state index contributed by atoms with van der Waals surface area (Å²) < 4.78 is 37.3. The first-order chi connectivity index (χ1) is 10.3. The van der Waals surface area contributed by atoms with Gasteiger partial charge in [-0.3, -0.25) is 9.59 Å². The van der Waals surface area contributed by atoms with Crippen LogP contribution in [-0.4, -0.2) is 42.9 Å². The fraction of sp³-hybridized carbons (Fsp3) is 0.182. The first kappa shape index (κ1) is 15.4. The second-order valence-electron chi connectivity index (χ2n) is 4.08. The highest BCUT2D eigenvalue weighted by Gasteiger charge is 2.38. The Morgan fingerprint density at radius 3 is 2.55 bits per heavy atom. The molecule has 2 aromatic rings. The largest absolute Gasteiger partial charge is 0.505 e. The molecule has 0 aliphatic carbocycles. The zero-order chi connectivity index (χ0) is 16.5. The molecule has 0 bridgehead atoms. The summed E-state index contributed by atoms with van der Waals surface area (Å²) in [4.78, 5) is 33.0. The lowest BCUT2D eigenvalue weighted by Crippen LogP contribution is -2.28. The molecule has 0 aromatic carbocycles. The SMILES string of the molecule is O=C(CC(=NO)C(F)(F)F)c1c(O)c2nccnc2[nH]c1=O. The molecule has 8 nitrogen and oxygen atoms in total. The van der Waals surface area contributed by atoms with E-state index in [-0.39, 0.29) is 11.2 Å². The molecule has 11 heteroatoms. The third-order valence-corrected chi connectivity index (χ3v) is 2.67. The fourth-order valence-electron chi connectivity index (χ4n) is 1.69. The summed E-state index contributed by atoms with van der Waals surface area (Å²) in [5.41, 5.74) is -4.22. The summed E-state index contributed by atoms with van der Waals surface area (Å²) >= 11 is 0. The molecule has 0 atom stereocenters. The maximum atomic E-state index is 12.4. The second-order valence-corrected chi connectivity index (χ2v) is 4.08. The highest BCUT2D eigenvalue weighted by molar-refractivity contribution is 6.13. The molecule has 0 unspecified atom stereocenters. The van der Waals surface area contributed by atoms with Gasteiger partial charge >= 0.3 is 6.18 Å². The van der Waals surface area contributed by atoms with Crippen LogP contribution in [0.25, 0.3) is 11.2 Å². The number of alkyl halides is 3. The van der Waals surface area contributed by atoms with E-state index in [4.69, 9.17) is 5.21 Å². The van der Waals surface area contributed by atoms with Gasteiger partial charge in [-0.1, -0.05) is 5.16 Å². The number of aromatic hydroxyl groups is 1. The van der Waals surface area contributed by atoms with Gasteiger partial charge in [-0.2, -0.15) is 13.2 Å². The maximum absolute atomic E-state index is 12.4. The molecular weight excluding hydrogens is 309 g/mol. The minimum absolute atomic E-state index is 0.131. The fourth-order valence-corrected chi connectivity index (χ4v) is 1.69. The average molecular weight is 316 g/mol. The topological polar surface area (TPSA) is 129 Å². The van der Waals surface area contributed by atoms with Gasteiger partial charge in [0.15, 0.2) is 22.9 Å². The quantitative estimate of drug-likeness (QED) is 0.335. The second kappa shape index (κ2) is 5.42. The van der Waals surface area contributed by atoms with Crippen molar-refractivity contribution in [1.29, 1.82) is 0 Å². The van der Waals surface area contributed by atoms with E-state index >= 15 is 0 Å². The van der Waals surface area contributed by atoms with Crippen LogP contribution in [0.3, 0.4) is 0 Å². The van der Waals surface area contributed by atoms with Gasteiger partial charge < -0.3 is 15.3 Å². The first-order valence-corrected chi connectivity index (χ1v) is 5.63. The molecule has 0 aliphatic heterocycles. The van der Waals surface area contributed by atoms with E-state index in [1.165, 1.54) is 6.20 Å². The lowest BCUT2D eigenvalue weighted by Gasteiger charge is -2.08. The van der Waals surface area contributed by atoms with Crippen LogP contribution in [0.2, 0.25) is 0 Å². The van der Waals surface area contributed by atoms with Crippen LogP contribution in [0.4, 0.5) is 13.2 Å². The predicted molar refractivity (Wildman–Crippen MR) is 66.0 cm³/mol. The Hall–Kier alpha value is -2.98.